The molecule has 1 N–H and O–H groups in total. The summed E-state index contributed by atoms with van der Waals surface area (Å²) in [5.74, 6) is -2.15. The van der Waals surface area contributed by atoms with Gasteiger partial charge in [0.05, 0.1) is 17.8 Å². The summed E-state index contributed by atoms with van der Waals surface area (Å²) in [5, 5.41) is 17.2. The van der Waals surface area contributed by atoms with Crippen LogP contribution in [0.5, 0.6) is 0 Å². The third kappa shape index (κ3) is 3.20. The molecule has 0 spiro atoms. The second-order valence-electron chi connectivity index (χ2n) is 5.42. The van der Waals surface area contributed by atoms with Gasteiger partial charge in [0.25, 0.3) is 5.91 Å². The van der Waals surface area contributed by atoms with Gasteiger partial charge in [0.1, 0.15) is 5.82 Å². The number of rotatable bonds is 3. The van der Waals surface area contributed by atoms with E-state index >= 15 is 0 Å². The van der Waals surface area contributed by atoms with E-state index < -0.39 is 11.9 Å². The maximum absolute atomic E-state index is 12.9. The Labute approximate surface area is 131 Å². The van der Waals surface area contributed by atoms with Crippen molar-refractivity contribution in [1.29, 1.82) is 0 Å². The molecule has 0 aliphatic carbocycles. The molecule has 1 aromatic carbocycles. The Morgan fingerprint density at radius 2 is 2.00 bits per heavy atom. The average Bonchev–Trinajstić information content (AvgIpc) is 3.05. The van der Waals surface area contributed by atoms with Crippen LogP contribution < -0.4 is 0 Å². The fourth-order valence-corrected chi connectivity index (χ4v) is 2.59. The molecule has 2 aromatic rings. The fraction of sp³-hybridized carbons (Fsp3) is 0.333. The van der Waals surface area contributed by atoms with Crippen molar-refractivity contribution >= 4 is 11.9 Å². The van der Waals surface area contributed by atoms with Crippen molar-refractivity contribution in [3.05, 3.63) is 42.0 Å². The van der Waals surface area contributed by atoms with Crippen LogP contribution in [0.4, 0.5) is 4.39 Å². The molecule has 1 aromatic heterocycles. The van der Waals surface area contributed by atoms with Gasteiger partial charge >= 0.3 is 5.97 Å². The Morgan fingerprint density at radius 3 is 2.70 bits per heavy atom. The molecule has 1 saturated heterocycles. The zero-order valence-corrected chi connectivity index (χ0v) is 12.2. The number of carboxylic acid groups (broad SMARTS) is 1. The van der Waals surface area contributed by atoms with Crippen molar-refractivity contribution in [3.63, 3.8) is 0 Å². The molecule has 120 valence electrons. The number of carbonyl (C=O) groups excluding carboxylic acids is 1. The Balaban J connectivity index is 1.75. The van der Waals surface area contributed by atoms with Crippen molar-refractivity contribution in [3.8, 4) is 5.69 Å². The number of carbonyl (C=O) groups is 2. The second kappa shape index (κ2) is 6.15. The van der Waals surface area contributed by atoms with Gasteiger partial charge in [-0.1, -0.05) is 0 Å². The number of halogens is 1. The number of aromatic nitrogens is 3. The number of hydrogen-bond donors (Lipinski definition) is 1. The normalized spacial score (nSPS) is 18.0. The van der Waals surface area contributed by atoms with E-state index in [-0.39, 0.29) is 24.0 Å². The van der Waals surface area contributed by atoms with Gasteiger partial charge in [-0.15, -0.1) is 5.10 Å². The van der Waals surface area contributed by atoms with Gasteiger partial charge in [-0.25, -0.2) is 4.39 Å². The van der Waals surface area contributed by atoms with Gasteiger partial charge in [0, 0.05) is 13.1 Å². The topological polar surface area (TPSA) is 88.3 Å². The van der Waals surface area contributed by atoms with Crippen LogP contribution in [0.1, 0.15) is 23.3 Å². The molecule has 3 rings (SSSR count). The predicted octanol–water partition coefficient (Wildman–Crippen LogP) is 1.34. The summed E-state index contributed by atoms with van der Waals surface area (Å²) in [5.41, 5.74) is 0.674. The molecule has 1 amide bonds. The standard InChI is InChI=1S/C15H15FN4O3/c16-11-3-5-12(6-4-11)20-17-8-13(18-20)14(21)19-7-1-2-10(9-19)15(22)23/h3-6,8,10H,1-2,7,9H2,(H,22,23)/t10-/m1/s1. The number of nitrogens with zero attached hydrogens (tertiary/aromatic N) is 4. The van der Waals surface area contributed by atoms with Crippen molar-refractivity contribution in [2.75, 3.05) is 13.1 Å². The molecule has 2 heterocycles. The molecule has 0 saturated carbocycles. The van der Waals surface area contributed by atoms with Crippen molar-refractivity contribution in [2.45, 2.75) is 12.8 Å². The van der Waals surface area contributed by atoms with E-state index in [9.17, 15) is 14.0 Å². The van der Waals surface area contributed by atoms with Crippen LogP contribution >= 0.6 is 0 Å². The number of carboxylic acids is 1. The molecule has 1 fully saturated rings. The maximum Gasteiger partial charge on any atom is 0.308 e. The molecule has 23 heavy (non-hydrogen) atoms. The highest BCUT2D eigenvalue weighted by Crippen LogP contribution is 2.18. The van der Waals surface area contributed by atoms with E-state index in [1.807, 2.05) is 0 Å². The summed E-state index contributed by atoms with van der Waals surface area (Å²) < 4.78 is 12.9. The van der Waals surface area contributed by atoms with Gasteiger partial charge in [-0.05, 0) is 37.1 Å². The van der Waals surface area contributed by atoms with Crippen LogP contribution in [0.15, 0.2) is 30.5 Å². The minimum atomic E-state index is -0.891. The highest BCUT2D eigenvalue weighted by atomic mass is 19.1. The number of piperidine rings is 1. The lowest BCUT2D eigenvalue weighted by Crippen LogP contribution is -2.42. The summed E-state index contributed by atoms with van der Waals surface area (Å²) in [6.45, 7) is 0.684. The first kappa shape index (κ1) is 15.1. The van der Waals surface area contributed by atoms with E-state index in [2.05, 4.69) is 10.2 Å². The van der Waals surface area contributed by atoms with Gasteiger partial charge in [-0.3, -0.25) is 9.59 Å². The van der Waals surface area contributed by atoms with Crippen LogP contribution in [0.25, 0.3) is 5.69 Å². The summed E-state index contributed by atoms with van der Waals surface area (Å²) in [7, 11) is 0. The lowest BCUT2D eigenvalue weighted by Gasteiger charge is -2.29. The van der Waals surface area contributed by atoms with Gasteiger partial charge < -0.3 is 10.0 Å². The monoisotopic (exact) mass is 318 g/mol. The first-order chi connectivity index (χ1) is 11.0. The minimum absolute atomic E-state index is 0.139. The van der Waals surface area contributed by atoms with E-state index in [0.717, 1.165) is 0 Å². The van der Waals surface area contributed by atoms with E-state index in [1.54, 1.807) is 0 Å². The molecule has 1 aliphatic heterocycles. The highest BCUT2D eigenvalue weighted by Gasteiger charge is 2.29. The summed E-state index contributed by atoms with van der Waals surface area (Å²) >= 11 is 0. The fourth-order valence-electron chi connectivity index (χ4n) is 2.59. The number of aliphatic carboxylic acids is 1. The first-order valence-corrected chi connectivity index (χ1v) is 7.25. The summed E-state index contributed by atoms with van der Waals surface area (Å²) in [6, 6.07) is 5.57. The van der Waals surface area contributed by atoms with Crippen LogP contribution in [-0.2, 0) is 4.79 Å². The SMILES string of the molecule is O=C(O)[C@@H]1CCCN(C(=O)c2cnn(-c3ccc(F)cc3)n2)C1. The van der Waals surface area contributed by atoms with E-state index in [1.165, 1.54) is 40.2 Å². The molecule has 0 radical (unpaired) electrons. The summed E-state index contributed by atoms with van der Waals surface area (Å²) in [4.78, 5) is 26.2. The smallest absolute Gasteiger partial charge is 0.308 e. The van der Waals surface area contributed by atoms with E-state index in [4.69, 9.17) is 5.11 Å². The third-order valence-electron chi connectivity index (χ3n) is 3.83. The quantitative estimate of drug-likeness (QED) is 0.922. The first-order valence-electron chi connectivity index (χ1n) is 7.25. The molecule has 1 aliphatic rings. The van der Waals surface area contributed by atoms with Crippen molar-refractivity contribution in [1.82, 2.24) is 19.9 Å². The van der Waals surface area contributed by atoms with Crippen LogP contribution in [0, 0.1) is 11.7 Å². The number of hydrogen-bond acceptors (Lipinski definition) is 4. The van der Waals surface area contributed by atoms with Crippen LogP contribution in [0.3, 0.4) is 0 Å². The Kier molecular flexibility index (Phi) is 4.05. The molecule has 7 nitrogen and oxygen atoms in total. The van der Waals surface area contributed by atoms with Gasteiger partial charge in [0.15, 0.2) is 5.69 Å². The maximum atomic E-state index is 12.9. The summed E-state index contributed by atoms with van der Waals surface area (Å²) in [6.07, 6.45) is 2.55. The third-order valence-corrected chi connectivity index (χ3v) is 3.83. The van der Waals surface area contributed by atoms with Crippen LogP contribution in [-0.4, -0.2) is 50.0 Å². The zero-order chi connectivity index (χ0) is 16.4. The van der Waals surface area contributed by atoms with Crippen LogP contribution in [0.2, 0.25) is 0 Å². The minimum Gasteiger partial charge on any atom is -0.481 e. The molecule has 0 bridgehead atoms. The number of amides is 1. The van der Waals surface area contributed by atoms with Gasteiger partial charge in [-0.2, -0.15) is 9.90 Å². The average molecular weight is 318 g/mol. The molecule has 1 atom stereocenters. The Bertz CT molecular complexity index is 729. The zero-order valence-electron chi connectivity index (χ0n) is 12.2. The predicted molar refractivity (Wildman–Crippen MR) is 77.6 cm³/mol. The lowest BCUT2D eigenvalue weighted by molar-refractivity contribution is -0.143. The van der Waals surface area contributed by atoms with Gasteiger partial charge in [0.2, 0.25) is 0 Å². The molecular weight excluding hydrogens is 303 g/mol. The number of likely N-dealkylation sites (tertiary alicyclic amines) is 1. The molecule has 0 unspecified atom stereocenters. The molecule has 8 heteroatoms. The number of benzene rings is 1. The van der Waals surface area contributed by atoms with Crippen molar-refractivity contribution < 1.29 is 19.1 Å². The van der Waals surface area contributed by atoms with Crippen molar-refractivity contribution in [2.24, 2.45) is 5.92 Å². The highest BCUT2D eigenvalue weighted by molar-refractivity contribution is 5.92. The Hall–Kier alpha value is -2.77. The lowest BCUT2D eigenvalue weighted by atomic mass is 9.98. The second-order valence-corrected chi connectivity index (χ2v) is 5.42. The largest absolute Gasteiger partial charge is 0.481 e. The van der Waals surface area contributed by atoms with E-state index in [0.29, 0.717) is 25.1 Å². The Morgan fingerprint density at radius 1 is 1.26 bits per heavy atom. The molecular formula is C15H15FN4O3.